The molecule has 1 fully saturated rings. The minimum Gasteiger partial charge on any atom is -0.480 e. The summed E-state index contributed by atoms with van der Waals surface area (Å²) in [5.74, 6) is -1.64. The summed E-state index contributed by atoms with van der Waals surface area (Å²) in [4.78, 5) is 25.1. The predicted octanol–water partition coefficient (Wildman–Crippen LogP) is 2.30. The van der Waals surface area contributed by atoms with Gasteiger partial charge in [0.25, 0.3) is 0 Å². The molecule has 1 amide bonds. The normalized spacial score (nSPS) is 16.8. The summed E-state index contributed by atoms with van der Waals surface area (Å²) in [6, 6.07) is 5.74. The number of nitrogens with zero attached hydrogens (tertiary/aromatic N) is 1. The van der Waals surface area contributed by atoms with Gasteiger partial charge in [0.2, 0.25) is 5.91 Å². The molecule has 0 aromatic heterocycles. The van der Waals surface area contributed by atoms with E-state index >= 15 is 0 Å². The van der Waals surface area contributed by atoms with E-state index < -0.39 is 5.97 Å². The molecule has 1 N–H and O–H groups in total. The highest BCUT2D eigenvalue weighted by atomic mass is 19.1. The van der Waals surface area contributed by atoms with E-state index in [9.17, 15) is 14.0 Å². The first-order valence-electron chi connectivity index (χ1n) is 7.80. The average Bonchev–Trinajstić information content (AvgIpc) is 2.55. The van der Waals surface area contributed by atoms with E-state index in [1.165, 1.54) is 17.0 Å². The van der Waals surface area contributed by atoms with Gasteiger partial charge in [-0.2, -0.15) is 0 Å². The van der Waals surface area contributed by atoms with E-state index in [1.807, 2.05) is 6.92 Å². The summed E-state index contributed by atoms with van der Waals surface area (Å²) >= 11 is 0. The summed E-state index contributed by atoms with van der Waals surface area (Å²) < 4.78 is 18.3. The molecule has 1 heterocycles. The minimum absolute atomic E-state index is 0.166. The van der Waals surface area contributed by atoms with Crippen LogP contribution in [0, 0.1) is 17.7 Å². The summed E-state index contributed by atoms with van der Waals surface area (Å²) in [6.45, 7) is 2.93. The van der Waals surface area contributed by atoms with Crippen LogP contribution in [0.5, 0.6) is 0 Å². The van der Waals surface area contributed by atoms with Gasteiger partial charge in [-0.1, -0.05) is 19.1 Å². The van der Waals surface area contributed by atoms with Gasteiger partial charge in [0.1, 0.15) is 12.4 Å². The molecule has 0 spiro atoms. The standard InChI is InChI=1S/C17H22FNO4/c1-12(14-6-8-23-9-7-14)17(22)19(11-16(20)21)10-13-2-4-15(18)5-3-13/h2-5,12,14H,6-11H2,1H3,(H,20,21). The maximum Gasteiger partial charge on any atom is 0.323 e. The first-order valence-corrected chi connectivity index (χ1v) is 7.80. The van der Waals surface area contributed by atoms with E-state index in [4.69, 9.17) is 9.84 Å². The van der Waals surface area contributed by atoms with Crippen molar-refractivity contribution in [3.05, 3.63) is 35.6 Å². The smallest absolute Gasteiger partial charge is 0.323 e. The minimum atomic E-state index is -1.06. The molecule has 1 aromatic rings. The number of ether oxygens (including phenoxy) is 1. The van der Waals surface area contributed by atoms with Crippen LogP contribution in [-0.4, -0.2) is 41.6 Å². The van der Waals surface area contributed by atoms with Crippen molar-refractivity contribution in [2.24, 2.45) is 11.8 Å². The Morgan fingerprint density at radius 3 is 2.48 bits per heavy atom. The van der Waals surface area contributed by atoms with Crippen molar-refractivity contribution in [3.63, 3.8) is 0 Å². The van der Waals surface area contributed by atoms with Gasteiger partial charge >= 0.3 is 5.97 Å². The van der Waals surface area contributed by atoms with Crippen molar-refractivity contribution in [1.82, 2.24) is 4.90 Å². The Labute approximate surface area is 135 Å². The highest BCUT2D eigenvalue weighted by molar-refractivity contribution is 5.83. The number of benzene rings is 1. The zero-order valence-electron chi connectivity index (χ0n) is 13.2. The lowest BCUT2D eigenvalue weighted by atomic mass is 9.86. The molecule has 126 valence electrons. The summed E-state index contributed by atoms with van der Waals surface area (Å²) in [7, 11) is 0. The van der Waals surface area contributed by atoms with Gasteiger partial charge < -0.3 is 14.7 Å². The van der Waals surface area contributed by atoms with E-state index in [2.05, 4.69) is 0 Å². The van der Waals surface area contributed by atoms with Crippen LogP contribution < -0.4 is 0 Å². The lowest BCUT2D eigenvalue weighted by Gasteiger charge is -2.31. The third kappa shape index (κ3) is 5.03. The average molecular weight is 323 g/mol. The van der Waals surface area contributed by atoms with Gasteiger partial charge in [0.15, 0.2) is 0 Å². The van der Waals surface area contributed by atoms with Crippen LogP contribution in [0.1, 0.15) is 25.3 Å². The fourth-order valence-electron chi connectivity index (χ4n) is 2.89. The van der Waals surface area contributed by atoms with Crippen molar-refractivity contribution >= 4 is 11.9 Å². The maximum atomic E-state index is 13.0. The number of carboxylic acid groups (broad SMARTS) is 1. The lowest BCUT2D eigenvalue weighted by Crippen LogP contribution is -2.41. The number of carbonyl (C=O) groups is 2. The van der Waals surface area contributed by atoms with Gasteiger partial charge in [-0.15, -0.1) is 0 Å². The van der Waals surface area contributed by atoms with E-state index in [-0.39, 0.29) is 36.6 Å². The number of hydrogen-bond donors (Lipinski definition) is 1. The Morgan fingerprint density at radius 2 is 1.91 bits per heavy atom. The second-order valence-corrected chi connectivity index (χ2v) is 5.95. The van der Waals surface area contributed by atoms with Crippen molar-refractivity contribution in [3.8, 4) is 0 Å². The Morgan fingerprint density at radius 1 is 1.30 bits per heavy atom. The van der Waals surface area contributed by atoms with Gasteiger partial charge in [-0.25, -0.2) is 4.39 Å². The Hall–Kier alpha value is -1.95. The molecule has 1 aliphatic rings. The summed E-state index contributed by atoms with van der Waals surface area (Å²) in [6.07, 6.45) is 1.62. The fourth-order valence-corrected chi connectivity index (χ4v) is 2.89. The quantitative estimate of drug-likeness (QED) is 0.872. The third-order valence-corrected chi connectivity index (χ3v) is 4.29. The Bertz CT molecular complexity index is 540. The van der Waals surface area contributed by atoms with Crippen molar-refractivity contribution in [1.29, 1.82) is 0 Å². The van der Waals surface area contributed by atoms with E-state index in [0.29, 0.717) is 18.8 Å². The molecule has 1 aromatic carbocycles. The molecule has 2 rings (SSSR count). The highest BCUT2D eigenvalue weighted by Gasteiger charge is 2.30. The van der Waals surface area contributed by atoms with Crippen LogP contribution >= 0.6 is 0 Å². The predicted molar refractivity (Wildman–Crippen MR) is 82.2 cm³/mol. The molecule has 1 saturated heterocycles. The van der Waals surface area contributed by atoms with Crippen molar-refractivity contribution in [2.45, 2.75) is 26.3 Å². The summed E-state index contributed by atoms with van der Waals surface area (Å²) in [5, 5.41) is 9.07. The van der Waals surface area contributed by atoms with E-state index in [1.54, 1.807) is 12.1 Å². The van der Waals surface area contributed by atoms with Crippen LogP contribution in [0.2, 0.25) is 0 Å². The number of amides is 1. The van der Waals surface area contributed by atoms with Crippen LogP contribution in [0.3, 0.4) is 0 Å². The number of carbonyl (C=O) groups excluding carboxylic acids is 1. The lowest BCUT2D eigenvalue weighted by molar-refractivity contribution is -0.148. The number of rotatable bonds is 6. The molecule has 5 nitrogen and oxygen atoms in total. The first kappa shape index (κ1) is 17.4. The van der Waals surface area contributed by atoms with Crippen LogP contribution in [-0.2, 0) is 20.9 Å². The van der Waals surface area contributed by atoms with Crippen molar-refractivity contribution in [2.75, 3.05) is 19.8 Å². The second-order valence-electron chi connectivity index (χ2n) is 5.95. The fraction of sp³-hybridized carbons (Fsp3) is 0.529. The topological polar surface area (TPSA) is 66.8 Å². The van der Waals surface area contributed by atoms with Gasteiger partial charge in [-0.3, -0.25) is 9.59 Å². The number of hydrogen-bond acceptors (Lipinski definition) is 3. The number of carboxylic acids is 1. The van der Waals surface area contributed by atoms with Crippen LogP contribution in [0.15, 0.2) is 24.3 Å². The molecule has 1 unspecified atom stereocenters. The SMILES string of the molecule is CC(C(=O)N(CC(=O)O)Cc1ccc(F)cc1)C1CCOCC1. The summed E-state index contributed by atoms with van der Waals surface area (Å²) in [5.41, 5.74) is 0.708. The molecule has 1 aliphatic heterocycles. The number of halogens is 1. The van der Waals surface area contributed by atoms with Gasteiger partial charge in [-0.05, 0) is 36.5 Å². The number of aliphatic carboxylic acids is 1. The van der Waals surface area contributed by atoms with Crippen LogP contribution in [0.25, 0.3) is 0 Å². The second kappa shape index (κ2) is 8.06. The largest absolute Gasteiger partial charge is 0.480 e. The van der Waals surface area contributed by atoms with Gasteiger partial charge in [0.05, 0.1) is 0 Å². The monoisotopic (exact) mass is 323 g/mol. The molecule has 0 saturated carbocycles. The molecular formula is C17H22FNO4. The molecule has 0 aliphatic carbocycles. The van der Waals surface area contributed by atoms with Gasteiger partial charge in [0, 0.05) is 25.7 Å². The molecule has 23 heavy (non-hydrogen) atoms. The first-order chi connectivity index (χ1) is 11.0. The van der Waals surface area contributed by atoms with E-state index in [0.717, 1.165) is 12.8 Å². The molecular weight excluding hydrogens is 301 g/mol. The molecule has 1 atom stereocenters. The zero-order valence-corrected chi connectivity index (χ0v) is 13.2. The Kier molecular flexibility index (Phi) is 6.10. The molecule has 0 bridgehead atoms. The maximum absolute atomic E-state index is 13.0. The third-order valence-electron chi connectivity index (χ3n) is 4.29. The highest BCUT2D eigenvalue weighted by Crippen LogP contribution is 2.25. The van der Waals surface area contributed by atoms with Crippen LogP contribution in [0.4, 0.5) is 4.39 Å². The molecule has 6 heteroatoms. The zero-order chi connectivity index (χ0) is 16.8. The Balaban J connectivity index is 2.07. The molecule has 0 radical (unpaired) electrons. The van der Waals surface area contributed by atoms with Crippen molar-refractivity contribution < 1.29 is 23.8 Å².